The zero-order chi connectivity index (χ0) is 12.2. The van der Waals surface area contributed by atoms with Crippen LogP contribution in [0, 0.1) is 28.6 Å². The van der Waals surface area contributed by atoms with Crippen molar-refractivity contribution in [3.8, 4) is 0 Å². The summed E-state index contributed by atoms with van der Waals surface area (Å²) in [7, 11) is 0. The molecule has 18 heavy (non-hydrogen) atoms. The van der Waals surface area contributed by atoms with E-state index in [0.717, 1.165) is 23.2 Å². The van der Waals surface area contributed by atoms with Crippen LogP contribution in [-0.2, 0) is 0 Å². The van der Waals surface area contributed by atoms with E-state index in [4.69, 9.17) is 0 Å². The van der Waals surface area contributed by atoms with Gasteiger partial charge >= 0.3 is 0 Å². The summed E-state index contributed by atoms with van der Waals surface area (Å²) in [6, 6.07) is 0. The molecule has 0 aromatic heterocycles. The Bertz CT molecular complexity index is 291. The molecule has 0 spiro atoms. The van der Waals surface area contributed by atoms with Crippen molar-refractivity contribution in [2.75, 3.05) is 13.1 Å². The Morgan fingerprint density at radius 3 is 2.06 bits per heavy atom. The molecule has 5 fully saturated rings. The van der Waals surface area contributed by atoms with Crippen LogP contribution >= 0.6 is 0 Å². The van der Waals surface area contributed by atoms with Gasteiger partial charge in [0.05, 0.1) is 0 Å². The van der Waals surface area contributed by atoms with Crippen molar-refractivity contribution >= 4 is 0 Å². The fraction of sp³-hybridized carbons (Fsp3) is 1.00. The average molecular weight is 247 g/mol. The normalized spacial score (nSPS) is 54.2. The van der Waals surface area contributed by atoms with Crippen molar-refractivity contribution in [2.24, 2.45) is 28.6 Å². The van der Waals surface area contributed by atoms with Crippen LogP contribution in [0.15, 0.2) is 0 Å². The van der Waals surface area contributed by atoms with E-state index in [2.05, 4.69) is 12.2 Å². The van der Waals surface area contributed by atoms with E-state index in [9.17, 15) is 0 Å². The highest BCUT2D eigenvalue weighted by Gasteiger charge is 2.60. The molecule has 4 aliphatic carbocycles. The summed E-state index contributed by atoms with van der Waals surface area (Å²) in [5, 5.41) is 3.72. The Kier molecular flexibility index (Phi) is 2.60. The molecule has 4 bridgehead atoms. The second-order valence-corrected chi connectivity index (χ2v) is 8.15. The van der Waals surface area contributed by atoms with Crippen LogP contribution in [0.3, 0.4) is 0 Å². The van der Waals surface area contributed by atoms with Gasteiger partial charge in [0.2, 0.25) is 0 Å². The Morgan fingerprint density at radius 1 is 1.00 bits per heavy atom. The minimum atomic E-state index is 0.692. The van der Waals surface area contributed by atoms with E-state index in [1.54, 1.807) is 38.5 Å². The molecule has 1 nitrogen and oxygen atoms in total. The number of hydrogen-bond donors (Lipinski definition) is 1. The predicted octanol–water partition coefficient (Wildman–Crippen LogP) is 3.98. The molecule has 1 heteroatoms. The molecule has 1 atom stereocenters. The fourth-order valence-electron chi connectivity index (χ4n) is 6.91. The van der Waals surface area contributed by atoms with Gasteiger partial charge in [-0.05, 0) is 86.5 Å². The van der Waals surface area contributed by atoms with E-state index < -0.39 is 0 Å². The molecule has 5 rings (SSSR count). The number of nitrogens with one attached hydrogen (secondary N) is 1. The van der Waals surface area contributed by atoms with E-state index in [0.29, 0.717) is 5.41 Å². The number of rotatable bonds is 3. The maximum Gasteiger partial charge on any atom is 0.00136 e. The summed E-state index contributed by atoms with van der Waals surface area (Å²) in [5.74, 6) is 3.35. The third-order valence-corrected chi connectivity index (χ3v) is 7.14. The van der Waals surface area contributed by atoms with Crippen LogP contribution < -0.4 is 5.32 Å². The van der Waals surface area contributed by atoms with Crippen LogP contribution in [0.4, 0.5) is 0 Å². The van der Waals surface area contributed by atoms with E-state index in [-0.39, 0.29) is 0 Å². The molecule has 1 N–H and O–H groups in total. The van der Waals surface area contributed by atoms with Gasteiger partial charge in [-0.2, -0.15) is 0 Å². The van der Waals surface area contributed by atoms with E-state index in [1.165, 1.54) is 32.4 Å². The summed E-state index contributed by atoms with van der Waals surface area (Å²) < 4.78 is 0. The summed E-state index contributed by atoms with van der Waals surface area (Å²) >= 11 is 0. The molecule has 0 aromatic rings. The summed E-state index contributed by atoms with van der Waals surface area (Å²) in [4.78, 5) is 0. The fourth-order valence-corrected chi connectivity index (χ4v) is 6.91. The molecule has 0 radical (unpaired) electrons. The van der Waals surface area contributed by atoms with Gasteiger partial charge in [-0.1, -0.05) is 13.3 Å². The first kappa shape index (κ1) is 11.8. The quantitative estimate of drug-likeness (QED) is 0.795. The first-order chi connectivity index (χ1) is 8.75. The van der Waals surface area contributed by atoms with Gasteiger partial charge in [0.15, 0.2) is 0 Å². The van der Waals surface area contributed by atoms with Crippen LogP contribution in [0.1, 0.15) is 64.7 Å². The van der Waals surface area contributed by atoms with Crippen LogP contribution in [0.2, 0.25) is 0 Å². The van der Waals surface area contributed by atoms with Gasteiger partial charge in [0.25, 0.3) is 0 Å². The Labute approximate surface area is 112 Å². The van der Waals surface area contributed by atoms with Gasteiger partial charge in [-0.3, -0.25) is 0 Å². The lowest BCUT2D eigenvalue weighted by molar-refractivity contribution is -0.128. The maximum absolute atomic E-state index is 3.72. The second-order valence-electron chi connectivity index (χ2n) is 8.15. The van der Waals surface area contributed by atoms with Crippen molar-refractivity contribution in [1.82, 2.24) is 5.32 Å². The molecular weight excluding hydrogens is 218 g/mol. The zero-order valence-corrected chi connectivity index (χ0v) is 12.0. The van der Waals surface area contributed by atoms with Gasteiger partial charge in [0, 0.05) is 6.54 Å². The van der Waals surface area contributed by atoms with E-state index in [1.807, 2.05) is 0 Å². The SMILES string of the molecule is CCCC1(C23CC4CC(CC(C4)C2)C3)CCNC1. The molecule has 4 saturated carbocycles. The molecule has 1 unspecified atom stereocenters. The van der Waals surface area contributed by atoms with Gasteiger partial charge in [0.1, 0.15) is 0 Å². The highest BCUT2D eigenvalue weighted by Crippen LogP contribution is 2.68. The first-order valence-corrected chi connectivity index (χ1v) is 8.46. The molecule has 5 aliphatic rings. The highest BCUT2D eigenvalue weighted by atomic mass is 14.9. The van der Waals surface area contributed by atoms with Gasteiger partial charge in [-0.25, -0.2) is 0 Å². The van der Waals surface area contributed by atoms with Crippen molar-refractivity contribution in [2.45, 2.75) is 64.7 Å². The Balaban J connectivity index is 1.69. The molecule has 1 aliphatic heterocycles. The summed E-state index contributed by atoms with van der Waals surface area (Å²) in [6.07, 6.45) is 13.9. The monoisotopic (exact) mass is 247 g/mol. The van der Waals surface area contributed by atoms with Crippen LogP contribution in [0.25, 0.3) is 0 Å². The number of hydrogen-bond acceptors (Lipinski definition) is 1. The van der Waals surface area contributed by atoms with Gasteiger partial charge in [-0.15, -0.1) is 0 Å². The average Bonchev–Trinajstić information content (AvgIpc) is 2.78. The third kappa shape index (κ3) is 1.49. The lowest BCUT2D eigenvalue weighted by Crippen LogP contribution is -2.55. The van der Waals surface area contributed by atoms with Crippen LogP contribution in [0.5, 0.6) is 0 Å². The highest BCUT2D eigenvalue weighted by molar-refractivity contribution is 5.11. The van der Waals surface area contributed by atoms with E-state index >= 15 is 0 Å². The Hall–Kier alpha value is -0.0400. The third-order valence-electron chi connectivity index (χ3n) is 7.14. The van der Waals surface area contributed by atoms with Gasteiger partial charge < -0.3 is 5.32 Å². The molecular formula is C17H29N. The molecule has 1 saturated heterocycles. The summed E-state index contributed by atoms with van der Waals surface area (Å²) in [5.41, 5.74) is 1.46. The van der Waals surface area contributed by atoms with Crippen molar-refractivity contribution in [1.29, 1.82) is 0 Å². The standard InChI is InChI=1S/C17H29N/c1-2-3-16(4-5-18-12-16)17-9-13-6-14(10-17)8-15(7-13)11-17/h13-15,18H,2-12H2,1H3. The topological polar surface area (TPSA) is 12.0 Å². The smallest absolute Gasteiger partial charge is 0.00136 e. The first-order valence-electron chi connectivity index (χ1n) is 8.46. The lowest BCUT2D eigenvalue weighted by Gasteiger charge is -2.63. The largest absolute Gasteiger partial charge is 0.316 e. The molecule has 0 amide bonds. The minimum absolute atomic E-state index is 0.692. The lowest BCUT2D eigenvalue weighted by atomic mass is 9.42. The molecule has 102 valence electrons. The molecule has 1 heterocycles. The van der Waals surface area contributed by atoms with Crippen LogP contribution in [-0.4, -0.2) is 13.1 Å². The van der Waals surface area contributed by atoms with Crippen molar-refractivity contribution in [3.63, 3.8) is 0 Å². The van der Waals surface area contributed by atoms with Crippen molar-refractivity contribution < 1.29 is 0 Å². The zero-order valence-electron chi connectivity index (χ0n) is 12.0. The minimum Gasteiger partial charge on any atom is -0.316 e. The summed E-state index contributed by atoms with van der Waals surface area (Å²) in [6.45, 7) is 5.04. The van der Waals surface area contributed by atoms with Crippen molar-refractivity contribution in [3.05, 3.63) is 0 Å². The second kappa shape index (κ2) is 3.98. The maximum atomic E-state index is 3.72. The Morgan fingerprint density at radius 2 is 1.61 bits per heavy atom. The molecule has 0 aromatic carbocycles. The predicted molar refractivity (Wildman–Crippen MR) is 75.4 cm³/mol.